The molecule has 1 heterocycles. The lowest BCUT2D eigenvalue weighted by Gasteiger charge is -2.25. The van der Waals surface area contributed by atoms with Gasteiger partial charge in [-0.3, -0.25) is 4.90 Å². The minimum Gasteiger partial charge on any atom is -0.382 e. The van der Waals surface area contributed by atoms with Gasteiger partial charge in [0.25, 0.3) is 0 Å². The Labute approximate surface area is 130 Å². The molecule has 1 saturated carbocycles. The average Bonchev–Trinajstić information content (AvgIpc) is 3.18. The number of nitrogens with zero attached hydrogens (tertiary/aromatic N) is 3. The van der Waals surface area contributed by atoms with E-state index >= 15 is 0 Å². The van der Waals surface area contributed by atoms with E-state index in [1.165, 1.54) is 26.9 Å². The van der Waals surface area contributed by atoms with Crippen molar-refractivity contribution >= 4 is 32.4 Å². The number of anilines is 2. The highest BCUT2D eigenvalue weighted by Crippen LogP contribution is 2.33. The first-order valence-corrected chi connectivity index (χ1v) is 9.10. The van der Waals surface area contributed by atoms with Crippen LogP contribution in [0.5, 0.6) is 0 Å². The molecule has 3 N–H and O–H groups in total. The van der Waals surface area contributed by atoms with Crippen LogP contribution < -0.4 is 11.1 Å². The molecule has 21 heavy (non-hydrogen) atoms. The highest BCUT2D eigenvalue weighted by molar-refractivity contribution is 7.89. The predicted molar refractivity (Wildman–Crippen MR) is 86.1 cm³/mol. The van der Waals surface area contributed by atoms with Crippen LogP contribution in [0.25, 0.3) is 0 Å². The third-order valence-electron chi connectivity index (χ3n) is 3.79. The summed E-state index contributed by atoms with van der Waals surface area (Å²) in [7, 11) is 1.48. The van der Waals surface area contributed by atoms with Gasteiger partial charge in [0.1, 0.15) is 5.00 Å². The number of nitrogen functional groups attached to an aromatic ring is 1. The molecule has 0 saturated heterocycles. The molecule has 7 nitrogen and oxygen atoms in total. The van der Waals surface area contributed by atoms with Crippen molar-refractivity contribution in [2.75, 3.05) is 38.7 Å². The maximum Gasteiger partial charge on any atom is 0.249 e. The Morgan fingerprint density at radius 3 is 2.57 bits per heavy atom. The van der Waals surface area contributed by atoms with Crippen LogP contribution in [0.1, 0.15) is 19.8 Å². The van der Waals surface area contributed by atoms with Crippen LogP contribution in [0, 0.1) is 0 Å². The molecule has 1 fully saturated rings. The highest BCUT2D eigenvalue weighted by atomic mass is 32.2. The van der Waals surface area contributed by atoms with Crippen molar-refractivity contribution in [2.45, 2.75) is 36.7 Å². The van der Waals surface area contributed by atoms with E-state index < -0.39 is 10.0 Å². The van der Waals surface area contributed by atoms with Crippen LogP contribution in [-0.2, 0) is 10.0 Å². The molecule has 1 aromatic heterocycles. The van der Waals surface area contributed by atoms with Crippen LogP contribution in [0.2, 0.25) is 0 Å². The van der Waals surface area contributed by atoms with E-state index in [2.05, 4.69) is 28.6 Å². The second-order valence-electron chi connectivity index (χ2n) is 5.64. The first-order chi connectivity index (χ1) is 9.75. The van der Waals surface area contributed by atoms with Crippen molar-refractivity contribution in [3.63, 3.8) is 0 Å². The maximum absolute atomic E-state index is 12.3. The quantitative estimate of drug-likeness (QED) is 0.769. The topological polar surface area (TPSA) is 91.6 Å². The molecule has 2 rings (SSSR count). The summed E-state index contributed by atoms with van der Waals surface area (Å²) in [6.45, 7) is 2.78. The molecular weight excluding hydrogens is 310 g/mol. The number of aromatic nitrogens is 1. The summed E-state index contributed by atoms with van der Waals surface area (Å²) in [4.78, 5) is 2.40. The fraction of sp³-hybridized carbons (Fsp3) is 0.750. The molecule has 1 aliphatic rings. The minimum atomic E-state index is -3.59. The summed E-state index contributed by atoms with van der Waals surface area (Å²) >= 11 is 1.09. The number of likely N-dealkylation sites (N-methyl/N-ethyl adjacent to an activating group) is 1. The van der Waals surface area contributed by atoms with Crippen LogP contribution in [0.15, 0.2) is 4.90 Å². The van der Waals surface area contributed by atoms with E-state index in [9.17, 15) is 8.42 Å². The number of nitrogens with one attached hydrogen (secondary N) is 1. The average molecular weight is 333 g/mol. The van der Waals surface area contributed by atoms with E-state index in [0.29, 0.717) is 23.6 Å². The molecule has 0 bridgehead atoms. The molecule has 0 spiro atoms. The molecule has 120 valence electrons. The first kappa shape index (κ1) is 16.5. The molecule has 0 aliphatic heterocycles. The number of rotatable bonds is 7. The van der Waals surface area contributed by atoms with Crippen molar-refractivity contribution in [3.8, 4) is 0 Å². The summed E-state index contributed by atoms with van der Waals surface area (Å²) in [5.41, 5.74) is 5.73. The summed E-state index contributed by atoms with van der Waals surface area (Å²) in [5, 5.41) is 3.70. The van der Waals surface area contributed by atoms with Gasteiger partial charge in [0.05, 0.1) is 0 Å². The number of hydrogen-bond acceptors (Lipinski definition) is 7. The largest absolute Gasteiger partial charge is 0.382 e. The van der Waals surface area contributed by atoms with Gasteiger partial charge >= 0.3 is 0 Å². The fourth-order valence-electron chi connectivity index (χ4n) is 2.06. The van der Waals surface area contributed by atoms with E-state index in [1.54, 1.807) is 0 Å². The third-order valence-corrected chi connectivity index (χ3v) is 6.63. The van der Waals surface area contributed by atoms with Gasteiger partial charge in [-0.1, -0.05) is 0 Å². The van der Waals surface area contributed by atoms with Gasteiger partial charge in [-0.2, -0.15) is 4.37 Å². The van der Waals surface area contributed by atoms with Crippen molar-refractivity contribution in [2.24, 2.45) is 0 Å². The van der Waals surface area contributed by atoms with Gasteiger partial charge in [-0.05, 0) is 38.3 Å². The summed E-state index contributed by atoms with van der Waals surface area (Å²) in [6.07, 6.45) is 2.49. The zero-order chi connectivity index (χ0) is 15.8. The number of nitrogens with two attached hydrogens (primary N) is 1. The SMILES string of the molecule is CC(CNc1snc(N)c1S(=O)(=O)N(C)C)N(C)C1CC1. The van der Waals surface area contributed by atoms with Crippen LogP contribution in [0.4, 0.5) is 10.8 Å². The van der Waals surface area contributed by atoms with Gasteiger partial charge in [0, 0.05) is 32.7 Å². The normalized spacial score (nSPS) is 17.4. The minimum absolute atomic E-state index is 0.0550. The van der Waals surface area contributed by atoms with E-state index in [0.717, 1.165) is 15.8 Å². The van der Waals surface area contributed by atoms with Crippen molar-refractivity contribution < 1.29 is 8.42 Å². The number of hydrogen-bond donors (Lipinski definition) is 2. The molecule has 1 unspecified atom stereocenters. The monoisotopic (exact) mass is 333 g/mol. The fourth-order valence-corrected chi connectivity index (χ4v) is 4.15. The highest BCUT2D eigenvalue weighted by Gasteiger charge is 2.30. The van der Waals surface area contributed by atoms with Gasteiger partial charge in [0.15, 0.2) is 10.7 Å². The van der Waals surface area contributed by atoms with E-state index in [1.807, 2.05) is 0 Å². The molecule has 0 aromatic carbocycles. The summed E-state index contributed by atoms with van der Waals surface area (Å²) < 4.78 is 29.7. The lowest BCUT2D eigenvalue weighted by atomic mass is 10.3. The maximum atomic E-state index is 12.3. The molecule has 0 radical (unpaired) electrons. The Hall–Kier alpha value is -0.900. The molecule has 1 aromatic rings. The summed E-state index contributed by atoms with van der Waals surface area (Å²) in [5.74, 6) is 0.0550. The van der Waals surface area contributed by atoms with Gasteiger partial charge in [-0.15, -0.1) is 0 Å². The molecule has 9 heteroatoms. The Bertz CT molecular complexity index is 595. The smallest absolute Gasteiger partial charge is 0.249 e. The zero-order valence-corrected chi connectivity index (χ0v) is 14.5. The molecule has 0 amide bonds. The third kappa shape index (κ3) is 3.47. The van der Waals surface area contributed by atoms with Crippen LogP contribution in [-0.4, -0.2) is 61.8 Å². The van der Waals surface area contributed by atoms with Crippen molar-refractivity contribution in [1.29, 1.82) is 0 Å². The Morgan fingerprint density at radius 2 is 2.05 bits per heavy atom. The predicted octanol–water partition coefficient (Wildman–Crippen LogP) is 0.870. The van der Waals surface area contributed by atoms with E-state index in [-0.39, 0.29) is 10.7 Å². The standard InChI is InChI=1S/C12H23N5O2S2/c1-8(17(4)9-5-6-9)7-14-12-10(11(13)15-20-12)21(18,19)16(2)3/h8-9,14H,5-7H2,1-4H3,(H2,13,15). The molecule has 1 aliphatic carbocycles. The van der Waals surface area contributed by atoms with Crippen molar-refractivity contribution in [3.05, 3.63) is 0 Å². The second kappa shape index (κ2) is 6.07. The van der Waals surface area contributed by atoms with Gasteiger partial charge in [0.2, 0.25) is 10.0 Å². The van der Waals surface area contributed by atoms with Crippen LogP contribution >= 0.6 is 11.5 Å². The van der Waals surface area contributed by atoms with Gasteiger partial charge < -0.3 is 11.1 Å². The van der Waals surface area contributed by atoms with Gasteiger partial charge in [-0.25, -0.2) is 12.7 Å². The summed E-state index contributed by atoms with van der Waals surface area (Å²) in [6, 6.07) is 0.981. The Balaban J connectivity index is 2.11. The second-order valence-corrected chi connectivity index (χ2v) is 8.50. The van der Waals surface area contributed by atoms with E-state index in [4.69, 9.17) is 5.73 Å². The Morgan fingerprint density at radius 1 is 1.43 bits per heavy atom. The lowest BCUT2D eigenvalue weighted by molar-refractivity contribution is 0.257. The lowest BCUT2D eigenvalue weighted by Crippen LogP contribution is -2.36. The first-order valence-electron chi connectivity index (χ1n) is 6.88. The van der Waals surface area contributed by atoms with Crippen molar-refractivity contribution in [1.82, 2.24) is 13.6 Å². The zero-order valence-electron chi connectivity index (χ0n) is 12.8. The molecular formula is C12H23N5O2S2. The number of sulfonamides is 1. The molecule has 1 atom stereocenters. The Kier molecular flexibility index (Phi) is 4.76. The van der Waals surface area contributed by atoms with Crippen LogP contribution in [0.3, 0.4) is 0 Å².